The van der Waals surface area contributed by atoms with E-state index in [4.69, 9.17) is 4.74 Å². The van der Waals surface area contributed by atoms with Gasteiger partial charge in [0.1, 0.15) is 11.6 Å². The van der Waals surface area contributed by atoms with Crippen molar-refractivity contribution in [3.8, 4) is 5.82 Å². The number of carbonyl (C=O) groups excluding carboxylic acids is 1. The fraction of sp³-hybridized carbons (Fsp3) is 0.357. The third kappa shape index (κ3) is 2.99. The standard InChI is InChI=1S/C14H17N3O2/c1-3-5-12-15-8-9-17(12)13-7-6-11(10-16-13)14(18)19-4-2/h6-10H,3-5H2,1-2H3. The zero-order valence-corrected chi connectivity index (χ0v) is 11.2. The second-order valence-electron chi connectivity index (χ2n) is 4.09. The van der Waals surface area contributed by atoms with E-state index in [1.54, 1.807) is 25.3 Å². The second-order valence-corrected chi connectivity index (χ2v) is 4.09. The predicted octanol–water partition coefficient (Wildman–Crippen LogP) is 2.40. The van der Waals surface area contributed by atoms with Crippen LogP contribution < -0.4 is 0 Å². The molecule has 2 aromatic heterocycles. The Kier molecular flexibility index (Phi) is 4.28. The lowest BCUT2D eigenvalue weighted by Gasteiger charge is -2.07. The van der Waals surface area contributed by atoms with Gasteiger partial charge in [0, 0.05) is 25.0 Å². The number of aryl methyl sites for hydroxylation is 1. The quantitative estimate of drug-likeness (QED) is 0.774. The second kappa shape index (κ2) is 6.13. The SMILES string of the molecule is CCCc1nccn1-c1ccc(C(=O)OCC)cn1. The topological polar surface area (TPSA) is 57.0 Å². The van der Waals surface area contributed by atoms with Crippen LogP contribution in [0.25, 0.3) is 5.82 Å². The van der Waals surface area contributed by atoms with Gasteiger partial charge in [-0.05, 0) is 25.5 Å². The first-order chi connectivity index (χ1) is 9.26. The van der Waals surface area contributed by atoms with Crippen molar-refractivity contribution >= 4 is 5.97 Å². The van der Waals surface area contributed by atoms with Crippen LogP contribution in [0.3, 0.4) is 0 Å². The predicted molar refractivity (Wildman–Crippen MR) is 71.3 cm³/mol. The maximum Gasteiger partial charge on any atom is 0.339 e. The molecule has 19 heavy (non-hydrogen) atoms. The fourth-order valence-corrected chi connectivity index (χ4v) is 1.82. The lowest BCUT2D eigenvalue weighted by atomic mass is 10.3. The highest BCUT2D eigenvalue weighted by atomic mass is 16.5. The van der Waals surface area contributed by atoms with Crippen LogP contribution in [-0.2, 0) is 11.2 Å². The van der Waals surface area contributed by atoms with Crippen molar-refractivity contribution < 1.29 is 9.53 Å². The minimum atomic E-state index is -0.346. The Hall–Kier alpha value is -2.17. The highest BCUT2D eigenvalue weighted by Gasteiger charge is 2.09. The summed E-state index contributed by atoms with van der Waals surface area (Å²) in [4.78, 5) is 20.1. The largest absolute Gasteiger partial charge is 0.462 e. The highest BCUT2D eigenvalue weighted by molar-refractivity contribution is 5.89. The summed E-state index contributed by atoms with van der Waals surface area (Å²) in [5.41, 5.74) is 0.461. The molecule has 2 aromatic rings. The van der Waals surface area contributed by atoms with Gasteiger partial charge in [-0.2, -0.15) is 0 Å². The molecule has 2 rings (SSSR count). The minimum absolute atomic E-state index is 0.346. The Morgan fingerprint density at radius 3 is 2.79 bits per heavy atom. The lowest BCUT2D eigenvalue weighted by molar-refractivity contribution is 0.0526. The molecule has 2 heterocycles. The molecule has 5 nitrogen and oxygen atoms in total. The molecule has 0 saturated carbocycles. The number of nitrogens with zero attached hydrogens (tertiary/aromatic N) is 3. The molecule has 0 unspecified atom stereocenters. The number of esters is 1. The maximum absolute atomic E-state index is 11.5. The molecule has 0 fully saturated rings. The number of pyridine rings is 1. The Balaban J connectivity index is 2.22. The van der Waals surface area contributed by atoms with E-state index in [1.165, 1.54) is 6.20 Å². The van der Waals surface area contributed by atoms with Crippen LogP contribution in [-0.4, -0.2) is 27.1 Å². The first-order valence-corrected chi connectivity index (χ1v) is 6.42. The summed E-state index contributed by atoms with van der Waals surface area (Å²) < 4.78 is 6.85. The van der Waals surface area contributed by atoms with Crippen molar-refractivity contribution in [2.75, 3.05) is 6.61 Å². The van der Waals surface area contributed by atoms with Gasteiger partial charge in [0.25, 0.3) is 0 Å². The van der Waals surface area contributed by atoms with Gasteiger partial charge < -0.3 is 4.74 Å². The highest BCUT2D eigenvalue weighted by Crippen LogP contribution is 2.11. The van der Waals surface area contributed by atoms with Gasteiger partial charge in [-0.15, -0.1) is 0 Å². The van der Waals surface area contributed by atoms with Crippen LogP contribution in [0.15, 0.2) is 30.7 Å². The van der Waals surface area contributed by atoms with Crippen molar-refractivity contribution in [1.82, 2.24) is 14.5 Å². The number of carbonyl (C=O) groups is 1. The third-order valence-electron chi connectivity index (χ3n) is 2.70. The van der Waals surface area contributed by atoms with Gasteiger partial charge >= 0.3 is 5.97 Å². The van der Waals surface area contributed by atoms with E-state index >= 15 is 0 Å². The summed E-state index contributed by atoms with van der Waals surface area (Å²) in [7, 11) is 0. The molecule has 0 bridgehead atoms. The Labute approximate surface area is 112 Å². The molecule has 0 N–H and O–H groups in total. The molecular formula is C14H17N3O2. The van der Waals surface area contributed by atoms with Crippen molar-refractivity contribution in [3.63, 3.8) is 0 Å². The fourth-order valence-electron chi connectivity index (χ4n) is 1.82. The summed E-state index contributed by atoms with van der Waals surface area (Å²) in [5, 5.41) is 0. The van der Waals surface area contributed by atoms with E-state index in [0.717, 1.165) is 24.5 Å². The molecule has 0 aromatic carbocycles. The van der Waals surface area contributed by atoms with Gasteiger partial charge in [-0.25, -0.2) is 14.8 Å². The summed E-state index contributed by atoms with van der Waals surface area (Å²) in [6.07, 6.45) is 7.08. The summed E-state index contributed by atoms with van der Waals surface area (Å²) in [5.74, 6) is 1.38. The van der Waals surface area contributed by atoms with Gasteiger partial charge in [0.15, 0.2) is 0 Å². The van der Waals surface area contributed by atoms with Crippen LogP contribution in [0.1, 0.15) is 36.5 Å². The van der Waals surface area contributed by atoms with Crippen LogP contribution >= 0.6 is 0 Å². The molecular weight excluding hydrogens is 242 g/mol. The molecule has 0 aliphatic carbocycles. The zero-order valence-electron chi connectivity index (χ0n) is 11.2. The van der Waals surface area contributed by atoms with Gasteiger partial charge in [-0.1, -0.05) is 6.92 Å². The maximum atomic E-state index is 11.5. The first kappa shape index (κ1) is 13.3. The number of aromatic nitrogens is 3. The summed E-state index contributed by atoms with van der Waals surface area (Å²) in [6, 6.07) is 3.52. The normalized spacial score (nSPS) is 10.4. The van der Waals surface area contributed by atoms with E-state index in [2.05, 4.69) is 16.9 Å². The molecule has 5 heteroatoms. The van der Waals surface area contributed by atoms with Crippen LogP contribution in [0.4, 0.5) is 0 Å². The minimum Gasteiger partial charge on any atom is -0.462 e. The monoisotopic (exact) mass is 259 g/mol. The number of hydrogen-bond acceptors (Lipinski definition) is 4. The van der Waals surface area contributed by atoms with Crippen molar-refractivity contribution in [3.05, 3.63) is 42.1 Å². The molecule has 100 valence electrons. The van der Waals surface area contributed by atoms with E-state index in [-0.39, 0.29) is 5.97 Å². The number of hydrogen-bond donors (Lipinski definition) is 0. The Bertz CT molecular complexity index is 546. The molecule has 0 aliphatic heterocycles. The average molecular weight is 259 g/mol. The lowest BCUT2D eigenvalue weighted by Crippen LogP contribution is -2.07. The van der Waals surface area contributed by atoms with E-state index in [0.29, 0.717) is 12.2 Å². The third-order valence-corrected chi connectivity index (χ3v) is 2.70. The van der Waals surface area contributed by atoms with Gasteiger partial charge in [0.2, 0.25) is 0 Å². The average Bonchev–Trinajstić information content (AvgIpc) is 2.88. The number of imidazole rings is 1. The van der Waals surface area contributed by atoms with Gasteiger partial charge in [-0.3, -0.25) is 4.57 Å². The van der Waals surface area contributed by atoms with Crippen molar-refractivity contribution in [2.45, 2.75) is 26.7 Å². The molecule has 0 radical (unpaired) electrons. The molecule has 0 amide bonds. The Morgan fingerprint density at radius 1 is 1.32 bits per heavy atom. The molecule has 0 aliphatic rings. The van der Waals surface area contributed by atoms with Crippen molar-refractivity contribution in [2.24, 2.45) is 0 Å². The smallest absolute Gasteiger partial charge is 0.339 e. The summed E-state index contributed by atoms with van der Waals surface area (Å²) in [6.45, 7) is 4.25. The van der Waals surface area contributed by atoms with Crippen LogP contribution in [0, 0.1) is 0 Å². The molecule has 0 spiro atoms. The van der Waals surface area contributed by atoms with Crippen LogP contribution in [0.2, 0.25) is 0 Å². The van der Waals surface area contributed by atoms with Crippen molar-refractivity contribution in [1.29, 1.82) is 0 Å². The van der Waals surface area contributed by atoms with E-state index in [1.807, 2.05) is 10.8 Å². The summed E-state index contributed by atoms with van der Waals surface area (Å²) >= 11 is 0. The molecule has 0 atom stereocenters. The number of rotatable bonds is 5. The van der Waals surface area contributed by atoms with E-state index < -0.39 is 0 Å². The van der Waals surface area contributed by atoms with E-state index in [9.17, 15) is 4.79 Å². The van der Waals surface area contributed by atoms with Gasteiger partial charge in [0.05, 0.1) is 12.2 Å². The first-order valence-electron chi connectivity index (χ1n) is 6.42. The molecule has 0 saturated heterocycles. The number of ether oxygens (including phenoxy) is 1. The van der Waals surface area contributed by atoms with Crippen LogP contribution in [0.5, 0.6) is 0 Å². The zero-order chi connectivity index (χ0) is 13.7. The Morgan fingerprint density at radius 2 is 2.16 bits per heavy atom.